The molecular formula is C15H24BN4O6+. The van der Waals surface area contributed by atoms with Crippen LogP contribution in [-0.2, 0) is 11.3 Å². The van der Waals surface area contributed by atoms with E-state index in [0.717, 1.165) is 4.90 Å². The minimum atomic E-state index is -2.02. The predicted molar refractivity (Wildman–Crippen MR) is 94.1 cm³/mol. The van der Waals surface area contributed by atoms with Gasteiger partial charge in [0.05, 0.1) is 13.2 Å². The van der Waals surface area contributed by atoms with Gasteiger partial charge in [-0.2, -0.15) is 0 Å². The van der Waals surface area contributed by atoms with E-state index in [1.165, 1.54) is 26.5 Å². The summed E-state index contributed by atoms with van der Waals surface area (Å²) >= 11 is 0. The number of aromatic nitrogens is 1. The van der Waals surface area contributed by atoms with Crippen LogP contribution in [0.1, 0.15) is 31.1 Å². The Bertz CT molecular complexity index is 741. The fourth-order valence-corrected chi connectivity index (χ4v) is 2.67. The number of alkyl carbamates (subject to hydrolysis) is 1. The first-order valence-electron chi connectivity index (χ1n) is 8.10. The Labute approximate surface area is 151 Å². The molecule has 26 heavy (non-hydrogen) atoms. The molecule has 0 radical (unpaired) electrons. The number of amides is 4. The monoisotopic (exact) mass is 367 g/mol. The van der Waals surface area contributed by atoms with Crippen molar-refractivity contribution in [3.05, 3.63) is 18.0 Å². The van der Waals surface area contributed by atoms with Crippen molar-refractivity contribution in [2.24, 2.45) is 0 Å². The molecule has 4 amide bonds. The van der Waals surface area contributed by atoms with Crippen molar-refractivity contribution in [3.8, 4) is 0 Å². The maximum absolute atomic E-state index is 12.4. The smallest absolute Gasteiger partial charge is 0.444 e. The summed E-state index contributed by atoms with van der Waals surface area (Å²) in [5.41, 5.74) is -0.227. The van der Waals surface area contributed by atoms with Crippen LogP contribution in [0.2, 0.25) is 0 Å². The van der Waals surface area contributed by atoms with E-state index < -0.39 is 35.3 Å². The van der Waals surface area contributed by atoms with Crippen LogP contribution in [0, 0.1) is 0 Å². The Balaban J connectivity index is 2.17. The first-order valence-corrected chi connectivity index (χ1v) is 8.10. The highest BCUT2D eigenvalue weighted by Gasteiger charge is 2.56. The molecule has 1 aromatic rings. The zero-order chi connectivity index (χ0) is 19.9. The van der Waals surface area contributed by atoms with Gasteiger partial charge in [0.1, 0.15) is 11.2 Å². The van der Waals surface area contributed by atoms with Gasteiger partial charge in [-0.15, -0.1) is 0 Å². The van der Waals surface area contributed by atoms with Crippen LogP contribution in [0.3, 0.4) is 0 Å². The molecule has 1 aliphatic heterocycles. The number of rotatable bonds is 4. The van der Waals surface area contributed by atoms with Gasteiger partial charge >= 0.3 is 19.4 Å². The van der Waals surface area contributed by atoms with E-state index in [0.29, 0.717) is 6.54 Å². The SMILES string of the molecule is CN1C(=O)c2cn(CCNC(=O)OC(C)(C)C)cc2[N+](C)(B(O)O)C1=O. The maximum Gasteiger partial charge on any atom is 0.768 e. The summed E-state index contributed by atoms with van der Waals surface area (Å²) in [7, 11) is 0.582. The fraction of sp³-hybridized carbons (Fsp3) is 0.533. The molecule has 2 heterocycles. The molecule has 10 nitrogen and oxygen atoms in total. The summed E-state index contributed by atoms with van der Waals surface area (Å²) in [6.45, 7) is 5.80. The van der Waals surface area contributed by atoms with E-state index >= 15 is 0 Å². The zero-order valence-corrected chi connectivity index (χ0v) is 15.5. The lowest BCUT2D eigenvalue weighted by Gasteiger charge is -2.36. The standard InChI is InChI=1S/C15H23BN4O6/c1-15(2,3)26-13(22)17-6-7-19-8-10-11(9-19)20(5,16(24)25)14(23)18(4)12(10)21/h8-9,24-25H,6-7H2,1-5H3/p+1. The Hall–Kier alpha value is -2.37. The Morgan fingerprint density at radius 1 is 1.31 bits per heavy atom. The second-order valence-corrected chi connectivity index (χ2v) is 7.29. The number of urea groups is 1. The lowest BCUT2D eigenvalue weighted by atomic mass is 9.96. The average molecular weight is 367 g/mol. The van der Waals surface area contributed by atoms with Crippen LogP contribution in [0.25, 0.3) is 0 Å². The summed E-state index contributed by atoms with van der Waals surface area (Å²) in [5.74, 6) is -0.528. The Kier molecular flexibility index (Phi) is 5.18. The lowest BCUT2D eigenvalue weighted by Crippen LogP contribution is -2.68. The first-order chi connectivity index (χ1) is 11.9. The minimum absolute atomic E-state index is 0.186. The van der Waals surface area contributed by atoms with Crippen LogP contribution < -0.4 is 9.71 Å². The molecule has 0 spiro atoms. The van der Waals surface area contributed by atoms with Crippen LogP contribution in [0.15, 0.2) is 12.4 Å². The van der Waals surface area contributed by atoms with Crippen molar-refractivity contribution >= 4 is 31.0 Å². The number of hydrogen-bond donors (Lipinski definition) is 3. The highest BCUT2D eigenvalue weighted by atomic mass is 16.6. The lowest BCUT2D eigenvalue weighted by molar-refractivity contribution is 0.0525. The van der Waals surface area contributed by atoms with Gasteiger partial charge in [-0.3, -0.25) is 4.79 Å². The Morgan fingerprint density at radius 2 is 1.92 bits per heavy atom. The van der Waals surface area contributed by atoms with E-state index in [-0.39, 0.29) is 17.8 Å². The third-order valence-corrected chi connectivity index (χ3v) is 4.08. The number of nitrogens with zero attached hydrogens (tertiary/aromatic N) is 3. The number of hydrogen-bond acceptors (Lipinski definition) is 6. The van der Waals surface area contributed by atoms with Gasteiger partial charge in [0.15, 0.2) is 5.69 Å². The third-order valence-electron chi connectivity index (χ3n) is 4.08. The summed E-state index contributed by atoms with van der Waals surface area (Å²) in [4.78, 5) is 37.2. The molecule has 142 valence electrons. The molecular weight excluding hydrogens is 343 g/mol. The van der Waals surface area contributed by atoms with E-state index in [1.54, 1.807) is 25.3 Å². The molecule has 3 N–H and O–H groups in total. The third kappa shape index (κ3) is 3.59. The molecule has 0 saturated heterocycles. The van der Waals surface area contributed by atoms with Crippen LogP contribution in [0.5, 0.6) is 0 Å². The van der Waals surface area contributed by atoms with Gasteiger partial charge in [0.25, 0.3) is 5.91 Å². The molecule has 11 heteroatoms. The van der Waals surface area contributed by atoms with Crippen molar-refractivity contribution in [2.45, 2.75) is 32.9 Å². The molecule has 0 aliphatic carbocycles. The van der Waals surface area contributed by atoms with E-state index in [2.05, 4.69) is 5.32 Å². The largest absolute Gasteiger partial charge is 0.768 e. The molecule has 0 aromatic carbocycles. The van der Waals surface area contributed by atoms with Crippen molar-refractivity contribution in [1.82, 2.24) is 19.2 Å². The van der Waals surface area contributed by atoms with Crippen molar-refractivity contribution in [2.75, 3.05) is 20.6 Å². The molecule has 1 unspecified atom stereocenters. The van der Waals surface area contributed by atoms with Gasteiger partial charge in [-0.25, -0.2) is 18.9 Å². The van der Waals surface area contributed by atoms with Crippen LogP contribution >= 0.6 is 0 Å². The number of fused-ring (bicyclic) bond motifs is 1. The summed E-state index contributed by atoms with van der Waals surface area (Å²) in [5, 5.41) is 22.0. The molecule has 1 aliphatic rings. The average Bonchev–Trinajstić information content (AvgIpc) is 2.93. The topological polar surface area (TPSA) is 121 Å². The number of quaternary nitrogens is 1. The van der Waals surface area contributed by atoms with Gasteiger partial charge < -0.3 is 24.7 Å². The number of carbonyl (C=O) groups excluding carboxylic acids is 3. The molecule has 1 atom stereocenters. The van der Waals surface area contributed by atoms with Crippen molar-refractivity contribution in [3.63, 3.8) is 0 Å². The number of carbonyl (C=O) groups is 3. The van der Waals surface area contributed by atoms with Crippen LogP contribution in [0.4, 0.5) is 15.3 Å². The number of imide groups is 1. The highest BCUT2D eigenvalue weighted by Crippen LogP contribution is 2.34. The molecule has 0 saturated carbocycles. The maximum atomic E-state index is 12.4. The molecule has 1 aromatic heterocycles. The van der Waals surface area contributed by atoms with Crippen molar-refractivity contribution < 1.29 is 29.2 Å². The first kappa shape index (κ1) is 20.0. The van der Waals surface area contributed by atoms with Gasteiger partial charge in [-0.1, -0.05) is 0 Å². The van der Waals surface area contributed by atoms with Crippen LogP contribution in [-0.4, -0.2) is 71.0 Å². The molecule has 0 bridgehead atoms. The van der Waals surface area contributed by atoms with Gasteiger partial charge in [-0.05, 0) is 20.8 Å². The van der Waals surface area contributed by atoms with E-state index in [4.69, 9.17) is 4.74 Å². The summed E-state index contributed by atoms with van der Waals surface area (Å²) in [6, 6.07) is -0.748. The minimum Gasteiger partial charge on any atom is -0.444 e. The summed E-state index contributed by atoms with van der Waals surface area (Å²) in [6.07, 6.45) is 2.44. The van der Waals surface area contributed by atoms with E-state index in [9.17, 15) is 24.4 Å². The molecule has 2 rings (SSSR count). The predicted octanol–water partition coefficient (Wildman–Crippen LogP) is 0.125. The Morgan fingerprint density at radius 3 is 2.46 bits per heavy atom. The van der Waals surface area contributed by atoms with Gasteiger partial charge in [0, 0.05) is 26.3 Å². The van der Waals surface area contributed by atoms with Crippen molar-refractivity contribution in [1.29, 1.82) is 0 Å². The zero-order valence-electron chi connectivity index (χ0n) is 15.5. The quantitative estimate of drug-likeness (QED) is 0.651. The second-order valence-electron chi connectivity index (χ2n) is 7.29. The highest BCUT2D eigenvalue weighted by molar-refractivity contribution is 6.50. The number of ether oxygens (including phenoxy) is 1. The normalized spacial score (nSPS) is 20.0. The van der Waals surface area contributed by atoms with E-state index in [1.807, 2.05) is 0 Å². The number of nitrogens with one attached hydrogen (secondary N) is 1. The molecule has 0 fully saturated rings. The summed E-state index contributed by atoms with van der Waals surface area (Å²) < 4.78 is 5.88. The van der Waals surface area contributed by atoms with Gasteiger partial charge in [0.2, 0.25) is 0 Å². The second kappa shape index (κ2) is 6.74. The fourth-order valence-electron chi connectivity index (χ4n) is 2.67.